The summed E-state index contributed by atoms with van der Waals surface area (Å²) in [5.41, 5.74) is 1.97. The number of halogens is 2. The molecule has 4 heteroatoms. The SMILES string of the molecule is Cc1ccc(CNC(C)C)cc1Oc1cc(F)cc(F)c1. The van der Waals surface area contributed by atoms with Crippen molar-refractivity contribution in [2.24, 2.45) is 0 Å². The van der Waals surface area contributed by atoms with Gasteiger partial charge in [-0.1, -0.05) is 26.0 Å². The van der Waals surface area contributed by atoms with Crippen LogP contribution in [0.2, 0.25) is 0 Å². The van der Waals surface area contributed by atoms with Crippen molar-refractivity contribution in [3.05, 3.63) is 59.2 Å². The van der Waals surface area contributed by atoms with Crippen LogP contribution in [-0.2, 0) is 6.54 Å². The van der Waals surface area contributed by atoms with Crippen LogP contribution in [0.4, 0.5) is 8.78 Å². The predicted molar refractivity (Wildman–Crippen MR) is 79.6 cm³/mol. The van der Waals surface area contributed by atoms with Gasteiger partial charge in [-0.05, 0) is 24.1 Å². The van der Waals surface area contributed by atoms with Crippen molar-refractivity contribution in [1.29, 1.82) is 0 Å². The Labute approximate surface area is 123 Å². The monoisotopic (exact) mass is 291 g/mol. The molecule has 0 heterocycles. The Balaban J connectivity index is 2.20. The van der Waals surface area contributed by atoms with Gasteiger partial charge >= 0.3 is 0 Å². The smallest absolute Gasteiger partial charge is 0.133 e. The molecule has 0 bridgehead atoms. The molecule has 0 radical (unpaired) electrons. The summed E-state index contributed by atoms with van der Waals surface area (Å²) in [7, 11) is 0. The minimum atomic E-state index is -0.653. The molecular weight excluding hydrogens is 272 g/mol. The maximum absolute atomic E-state index is 13.2. The Morgan fingerprint density at radius 2 is 1.71 bits per heavy atom. The third kappa shape index (κ3) is 4.53. The molecule has 2 aromatic rings. The molecule has 0 atom stereocenters. The third-order valence-electron chi connectivity index (χ3n) is 3.03. The molecule has 21 heavy (non-hydrogen) atoms. The molecule has 2 aromatic carbocycles. The second-order valence-corrected chi connectivity index (χ2v) is 5.34. The molecule has 2 nitrogen and oxygen atoms in total. The molecule has 0 aliphatic carbocycles. The Morgan fingerprint density at radius 1 is 1.05 bits per heavy atom. The van der Waals surface area contributed by atoms with E-state index in [-0.39, 0.29) is 5.75 Å². The maximum atomic E-state index is 13.2. The van der Waals surface area contributed by atoms with Crippen molar-refractivity contribution in [1.82, 2.24) is 5.32 Å². The lowest BCUT2D eigenvalue weighted by Gasteiger charge is -2.13. The van der Waals surface area contributed by atoms with E-state index in [1.54, 1.807) is 0 Å². The number of nitrogens with one attached hydrogen (secondary N) is 1. The topological polar surface area (TPSA) is 21.3 Å². The van der Waals surface area contributed by atoms with Crippen LogP contribution in [0.3, 0.4) is 0 Å². The van der Waals surface area contributed by atoms with Crippen molar-refractivity contribution in [2.45, 2.75) is 33.4 Å². The van der Waals surface area contributed by atoms with Crippen molar-refractivity contribution in [2.75, 3.05) is 0 Å². The first-order valence-corrected chi connectivity index (χ1v) is 6.91. The van der Waals surface area contributed by atoms with Crippen LogP contribution in [0.5, 0.6) is 11.5 Å². The highest BCUT2D eigenvalue weighted by Gasteiger charge is 2.07. The zero-order valence-corrected chi connectivity index (χ0v) is 12.4. The maximum Gasteiger partial charge on any atom is 0.133 e. The average molecular weight is 291 g/mol. The molecule has 0 aliphatic rings. The summed E-state index contributed by atoms with van der Waals surface area (Å²) in [4.78, 5) is 0. The van der Waals surface area contributed by atoms with Crippen molar-refractivity contribution >= 4 is 0 Å². The summed E-state index contributed by atoms with van der Waals surface area (Å²) >= 11 is 0. The van der Waals surface area contributed by atoms with E-state index in [2.05, 4.69) is 19.2 Å². The van der Waals surface area contributed by atoms with Crippen molar-refractivity contribution < 1.29 is 13.5 Å². The number of benzene rings is 2. The van der Waals surface area contributed by atoms with Gasteiger partial charge in [-0.15, -0.1) is 0 Å². The number of hydrogen-bond donors (Lipinski definition) is 1. The second-order valence-electron chi connectivity index (χ2n) is 5.34. The van der Waals surface area contributed by atoms with Crippen molar-refractivity contribution in [3.63, 3.8) is 0 Å². The van der Waals surface area contributed by atoms with Gasteiger partial charge in [0.15, 0.2) is 0 Å². The van der Waals surface area contributed by atoms with E-state index in [1.165, 1.54) is 12.1 Å². The minimum Gasteiger partial charge on any atom is -0.457 e. The molecule has 0 unspecified atom stereocenters. The van der Waals surface area contributed by atoms with Gasteiger partial charge in [-0.25, -0.2) is 8.78 Å². The van der Waals surface area contributed by atoms with Crippen LogP contribution in [0, 0.1) is 18.6 Å². The van der Waals surface area contributed by atoms with E-state index in [9.17, 15) is 8.78 Å². The van der Waals surface area contributed by atoms with E-state index in [4.69, 9.17) is 4.74 Å². The van der Waals surface area contributed by atoms with Gasteiger partial charge in [0, 0.05) is 30.8 Å². The first-order valence-electron chi connectivity index (χ1n) is 6.91. The summed E-state index contributed by atoms with van der Waals surface area (Å²) in [5, 5.41) is 3.31. The standard InChI is InChI=1S/C17H19F2NO/c1-11(2)20-10-13-5-4-12(3)17(6-13)21-16-8-14(18)7-15(19)9-16/h4-9,11,20H,10H2,1-3H3. The van der Waals surface area contributed by atoms with Gasteiger partial charge in [-0.3, -0.25) is 0 Å². The minimum absolute atomic E-state index is 0.157. The van der Waals surface area contributed by atoms with E-state index < -0.39 is 11.6 Å². The van der Waals surface area contributed by atoms with Crippen LogP contribution in [0.15, 0.2) is 36.4 Å². The van der Waals surface area contributed by atoms with Crippen LogP contribution in [0.25, 0.3) is 0 Å². The Kier molecular flexibility index (Phi) is 4.91. The summed E-state index contributed by atoms with van der Waals surface area (Å²) in [6.07, 6.45) is 0. The molecule has 2 rings (SSSR count). The average Bonchev–Trinajstić information content (AvgIpc) is 2.38. The highest BCUT2D eigenvalue weighted by molar-refractivity contribution is 5.40. The molecule has 0 saturated heterocycles. The number of ether oxygens (including phenoxy) is 1. The van der Waals surface area contributed by atoms with Gasteiger partial charge in [0.25, 0.3) is 0 Å². The van der Waals surface area contributed by atoms with Crippen LogP contribution in [0.1, 0.15) is 25.0 Å². The van der Waals surface area contributed by atoms with Gasteiger partial charge in [0.05, 0.1) is 0 Å². The zero-order valence-electron chi connectivity index (χ0n) is 12.4. The van der Waals surface area contributed by atoms with E-state index in [0.717, 1.165) is 17.2 Å². The Bertz CT molecular complexity index is 606. The molecule has 0 saturated carbocycles. The van der Waals surface area contributed by atoms with E-state index >= 15 is 0 Å². The first-order chi connectivity index (χ1) is 9.94. The Morgan fingerprint density at radius 3 is 2.33 bits per heavy atom. The fraction of sp³-hybridized carbons (Fsp3) is 0.294. The fourth-order valence-corrected chi connectivity index (χ4v) is 1.90. The summed E-state index contributed by atoms with van der Waals surface area (Å²) in [6.45, 7) is 6.75. The van der Waals surface area contributed by atoms with Gasteiger partial charge in [-0.2, -0.15) is 0 Å². The summed E-state index contributed by atoms with van der Waals surface area (Å²) < 4.78 is 32.0. The summed E-state index contributed by atoms with van der Waals surface area (Å²) in [5.74, 6) is -0.548. The molecule has 0 amide bonds. The largest absolute Gasteiger partial charge is 0.457 e. The molecule has 112 valence electrons. The predicted octanol–water partition coefficient (Wildman–Crippen LogP) is 4.56. The lowest BCUT2D eigenvalue weighted by molar-refractivity contribution is 0.464. The lowest BCUT2D eigenvalue weighted by atomic mass is 10.1. The second kappa shape index (κ2) is 6.68. The lowest BCUT2D eigenvalue weighted by Crippen LogP contribution is -2.21. The normalized spacial score (nSPS) is 11.0. The van der Waals surface area contributed by atoms with Crippen molar-refractivity contribution in [3.8, 4) is 11.5 Å². The molecule has 0 fully saturated rings. The van der Waals surface area contributed by atoms with E-state index in [0.29, 0.717) is 18.3 Å². The number of aryl methyl sites for hydroxylation is 1. The molecular formula is C17H19F2NO. The van der Waals surface area contributed by atoms with Gasteiger partial charge in [0.2, 0.25) is 0 Å². The Hall–Kier alpha value is -1.94. The molecule has 0 aromatic heterocycles. The third-order valence-corrected chi connectivity index (χ3v) is 3.03. The molecule has 0 spiro atoms. The molecule has 0 aliphatic heterocycles. The van der Waals surface area contributed by atoms with E-state index in [1.807, 2.05) is 25.1 Å². The van der Waals surface area contributed by atoms with Crippen LogP contribution in [-0.4, -0.2) is 6.04 Å². The first kappa shape index (κ1) is 15.4. The fourth-order valence-electron chi connectivity index (χ4n) is 1.90. The van der Waals surface area contributed by atoms with Crippen LogP contribution >= 0.6 is 0 Å². The quantitative estimate of drug-likeness (QED) is 0.871. The zero-order chi connectivity index (χ0) is 15.4. The molecule has 1 N–H and O–H groups in total. The van der Waals surface area contributed by atoms with Gasteiger partial charge in [0.1, 0.15) is 23.1 Å². The number of hydrogen-bond acceptors (Lipinski definition) is 2. The summed E-state index contributed by atoms with van der Waals surface area (Å²) in [6, 6.07) is 9.36. The van der Waals surface area contributed by atoms with Crippen LogP contribution < -0.4 is 10.1 Å². The number of rotatable bonds is 5. The highest BCUT2D eigenvalue weighted by Crippen LogP contribution is 2.27. The van der Waals surface area contributed by atoms with Gasteiger partial charge < -0.3 is 10.1 Å². The highest BCUT2D eigenvalue weighted by atomic mass is 19.1.